The van der Waals surface area contributed by atoms with Gasteiger partial charge in [0.2, 0.25) is 0 Å². The highest BCUT2D eigenvalue weighted by Crippen LogP contribution is 2.26. The average Bonchev–Trinajstić information content (AvgIpc) is 2.92. The molecule has 0 fully saturated rings. The second kappa shape index (κ2) is 5.63. The third kappa shape index (κ3) is 2.83. The first-order valence-corrected chi connectivity index (χ1v) is 6.99. The molecule has 0 unspecified atom stereocenters. The van der Waals surface area contributed by atoms with Crippen LogP contribution in [0.1, 0.15) is 27.9 Å². The molecule has 1 aromatic heterocycles. The Kier molecular flexibility index (Phi) is 3.70. The van der Waals surface area contributed by atoms with Crippen LogP contribution >= 0.6 is 11.6 Å². The van der Waals surface area contributed by atoms with Crippen molar-refractivity contribution in [2.24, 2.45) is 0 Å². The number of pyridine rings is 1. The van der Waals surface area contributed by atoms with Crippen molar-refractivity contribution in [2.75, 3.05) is 6.61 Å². The van der Waals surface area contributed by atoms with E-state index in [4.69, 9.17) is 16.3 Å². The van der Waals surface area contributed by atoms with Crippen molar-refractivity contribution in [1.29, 1.82) is 0 Å². The second-order valence-electron chi connectivity index (χ2n) is 4.83. The monoisotopic (exact) mass is 287 g/mol. The highest BCUT2D eigenvalue weighted by atomic mass is 35.5. The van der Waals surface area contributed by atoms with Crippen LogP contribution in [0.5, 0.6) is 5.75 Å². The minimum Gasteiger partial charge on any atom is -0.493 e. The first kappa shape index (κ1) is 13.1. The number of ketones is 1. The quantitative estimate of drug-likeness (QED) is 0.638. The molecule has 1 aliphatic heterocycles. The van der Waals surface area contributed by atoms with Crippen molar-refractivity contribution in [1.82, 2.24) is 4.98 Å². The van der Waals surface area contributed by atoms with Gasteiger partial charge in [0.05, 0.1) is 6.61 Å². The van der Waals surface area contributed by atoms with Crippen molar-refractivity contribution in [3.63, 3.8) is 0 Å². The van der Waals surface area contributed by atoms with Gasteiger partial charge in [-0.1, -0.05) is 23.7 Å². The first-order chi connectivity index (χ1) is 9.72. The van der Waals surface area contributed by atoms with Crippen LogP contribution in [-0.2, 0) is 12.8 Å². The molecule has 0 aliphatic carbocycles. The standard InChI is InChI=1S/C16H14ClNO2/c17-16-10-12(5-7-18-16)14(19)3-1-11-2-4-15-13(9-11)6-8-20-15/h2,4-5,7,9-10H,1,3,6,8H2. The molecule has 2 aromatic rings. The van der Waals surface area contributed by atoms with Gasteiger partial charge in [0.15, 0.2) is 5.78 Å². The van der Waals surface area contributed by atoms with Gasteiger partial charge in [-0.15, -0.1) is 0 Å². The van der Waals surface area contributed by atoms with Crippen LogP contribution in [0.25, 0.3) is 0 Å². The number of carbonyl (C=O) groups is 1. The lowest BCUT2D eigenvalue weighted by molar-refractivity contribution is 0.0982. The lowest BCUT2D eigenvalue weighted by Crippen LogP contribution is -2.01. The van der Waals surface area contributed by atoms with Gasteiger partial charge < -0.3 is 4.74 Å². The van der Waals surface area contributed by atoms with E-state index in [9.17, 15) is 4.79 Å². The van der Waals surface area contributed by atoms with Gasteiger partial charge >= 0.3 is 0 Å². The predicted molar refractivity (Wildman–Crippen MR) is 77.5 cm³/mol. The molecule has 102 valence electrons. The number of ether oxygens (including phenoxy) is 1. The molecular weight excluding hydrogens is 274 g/mol. The van der Waals surface area contributed by atoms with Crippen molar-refractivity contribution < 1.29 is 9.53 Å². The Bertz CT molecular complexity index is 655. The molecule has 0 saturated carbocycles. The van der Waals surface area contributed by atoms with E-state index in [2.05, 4.69) is 11.1 Å². The molecule has 1 aliphatic rings. The van der Waals surface area contributed by atoms with Gasteiger partial charge in [-0.25, -0.2) is 4.98 Å². The third-order valence-electron chi connectivity index (χ3n) is 3.44. The molecule has 1 aromatic carbocycles. The Morgan fingerprint density at radius 2 is 2.20 bits per heavy atom. The fourth-order valence-electron chi connectivity index (χ4n) is 2.37. The molecule has 0 N–H and O–H groups in total. The van der Waals surface area contributed by atoms with Crippen LogP contribution in [0.2, 0.25) is 5.15 Å². The maximum Gasteiger partial charge on any atom is 0.163 e. The van der Waals surface area contributed by atoms with E-state index in [0.29, 0.717) is 17.1 Å². The number of nitrogens with zero attached hydrogens (tertiary/aromatic N) is 1. The molecule has 0 radical (unpaired) electrons. The summed E-state index contributed by atoms with van der Waals surface area (Å²) in [6.45, 7) is 0.757. The van der Waals surface area contributed by atoms with Crippen LogP contribution in [0.15, 0.2) is 36.5 Å². The van der Waals surface area contributed by atoms with Crippen molar-refractivity contribution in [2.45, 2.75) is 19.3 Å². The van der Waals surface area contributed by atoms with E-state index in [0.717, 1.165) is 25.2 Å². The summed E-state index contributed by atoms with van der Waals surface area (Å²) >= 11 is 5.79. The molecule has 3 rings (SSSR count). The Morgan fingerprint density at radius 3 is 3.05 bits per heavy atom. The van der Waals surface area contributed by atoms with E-state index in [1.54, 1.807) is 18.3 Å². The Morgan fingerprint density at radius 1 is 1.30 bits per heavy atom. The largest absolute Gasteiger partial charge is 0.493 e. The van der Waals surface area contributed by atoms with Gasteiger partial charge in [0.25, 0.3) is 0 Å². The van der Waals surface area contributed by atoms with Crippen molar-refractivity contribution in [3.05, 3.63) is 58.4 Å². The number of aromatic nitrogens is 1. The van der Waals surface area contributed by atoms with Crippen LogP contribution in [-0.4, -0.2) is 17.4 Å². The van der Waals surface area contributed by atoms with Gasteiger partial charge in [0, 0.05) is 24.6 Å². The summed E-state index contributed by atoms with van der Waals surface area (Å²) in [4.78, 5) is 16.0. The van der Waals surface area contributed by atoms with E-state index < -0.39 is 0 Å². The van der Waals surface area contributed by atoms with E-state index in [1.165, 1.54) is 11.1 Å². The van der Waals surface area contributed by atoms with Crippen molar-refractivity contribution in [3.8, 4) is 5.75 Å². The summed E-state index contributed by atoms with van der Waals surface area (Å²) in [6.07, 6.45) is 3.71. The maximum atomic E-state index is 12.1. The van der Waals surface area contributed by atoms with Crippen molar-refractivity contribution >= 4 is 17.4 Å². The van der Waals surface area contributed by atoms with E-state index >= 15 is 0 Å². The Hall–Kier alpha value is -1.87. The Labute approximate surface area is 122 Å². The normalized spacial score (nSPS) is 12.8. The van der Waals surface area contributed by atoms with Crippen LogP contribution in [0.3, 0.4) is 0 Å². The molecule has 0 saturated heterocycles. The number of carbonyl (C=O) groups excluding carboxylic acids is 1. The zero-order valence-corrected chi connectivity index (χ0v) is 11.7. The average molecular weight is 288 g/mol. The molecule has 2 heterocycles. The Balaban J connectivity index is 1.66. The highest BCUT2D eigenvalue weighted by Gasteiger charge is 2.13. The van der Waals surface area contributed by atoms with Crippen LogP contribution in [0, 0.1) is 0 Å². The maximum absolute atomic E-state index is 12.1. The minimum atomic E-state index is 0.0889. The minimum absolute atomic E-state index is 0.0889. The molecule has 0 spiro atoms. The highest BCUT2D eigenvalue weighted by molar-refractivity contribution is 6.29. The van der Waals surface area contributed by atoms with Crippen LogP contribution < -0.4 is 4.74 Å². The molecule has 20 heavy (non-hydrogen) atoms. The lowest BCUT2D eigenvalue weighted by Gasteiger charge is -2.04. The number of halogens is 1. The molecule has 0 amide bonds. The fourth-order valence-corrected chi connectivity index (χ4v) is 2.55. The summed E-state index contributed by atoms with van der Waals surface area (Å²) in [6, 6.07) is 9.46. The third-order valence-corrected chi connectivity index (χ3v) is 3.65. The van der Waals surface area contributed by atoms with Gasteiger partial charge in [-0.3, -0.25) is 4.79 Å². The molecule has 4 heteroatoms. The van der Waals surface area contributed by atoms with Gasteiger partial charge in [0.1, 0.15) is 10.9 Å². The molecular formula is C16H14ClNO2. The van der Waals surface area contributed by atoms with Gasteiger partial charge in [-0.05, 0) is 35.7 Å². The number of fused-ring (bicyclic) bond motifs is 1. The number of Topliss-reactive ketones (excluding diaryl/α,β-unsaturated/α-hetero) is 1. The number of hydrogen-bond acceptors (Lipinski definition) is 3. The van der Waals surface area contributed by atoms with Gasteiger partial charge in [-0.2, -0.15) is 0 Å². The first-order valence-electron chi connectivity index (χ1n) is 6.62. The number of benzene rings is 1. The van der Waals surface area contributed by atoms with E-state index in [1.807, 2.05) is 12.1 Å². The SMILES string of the molecule is O=C(CCc1ccc2c(c1)CCO2)c1ccnc(Cl)c1. The summed E-state index contributed by atoms with van der Waals surface area (Å²) in [5.74, 6) is 1.06. The summed E-state index contributed by atoms with van der Waals surface area (Å²) in [5, 5.41) is 0.352. The topological polar surface area (TPSA) is 39.2 Å². The smallest absolute Gasteiger partial charge is 0.163 e. The summed E-state index contributed by atoms with van der Waals surface area (Å²) in [5.41, 5.74) is 3.03. The number of aryl methyl sites for hydroxylation is 1. The molecule has 3 nitrogen and oxygen atoms in total. The van der Waals surface area contributed by atoms with E-state index in [-0.39, 0.29) is 5.78 Å². The zero-order valence-electron chi connectivity index (χ0n) is 10.9. The fraction of sp³-hybridized carbons (Fsp3) is 0.250. The number of rotatable bonds is 4. The predicted octanol–water partition coefficient (Wildman–Crippen LogP) is 3.49. The zero-order chi connectivity index (χ0) is 13.9. The molecule has 0 bridgehead atoms. The lowest BCUT2D eigenvalue weighted by atomic mass is 10.0. The summed E-state index contributed by atoms with van der Waals surface area (Å²) in [7, 11) is 0. The summed E-state index contributed by atoms with van der Waals surface area (Å²) < 4.78 is 5.47. The number of hydrogen-bond donors (Lipinski definition) is 0. The molecule has 0 atom stereocenters. The second-order valence-corrected chi connectivity index (χ2v) is 5.22. The van der Waals surface area contributed by atoms with Crippen LogP contribution in [0.4, 0.5) is 0 Å².